The number of aliphatic carboxylic acids is 2. The maximum atomic E-state index is 12.2. The minimum Gasteiger partial charge on any atom is -0.481 e. The number of hydrogen-bond acceptors (Lipinski definition) is 10. The second-order valence-electron chi connectivity index (χ2n) is 5.38. The Morgan fingerprint density at radius 2 is 2.12 bits per heavy atom. The average Bonchev–Trinajstić information content (AvgIpc) is 3.12. The number of aromatic nitrogens is 4. The van der Waals surface area contributed by atoms with Crippen LogP contribution >= 0.6 is 35.3 Å². The Morgan fingerprint density at radius 1 is 1.38 bits per heavy atom. The minimum atomic E-state index is -1.28. The van der Waals surface area contributed by atoms with Crippen LogP contribution in [0.2, 0.25) is 0 Å². The zero-order chi connectivity index (χ0) is 19.0. The summed E-state index contributed by atoms with van der Waals surface area (Å²) in [6.45, 7) is 1.48. The number of carbonyl (C=O) groups excluding carboxylic acids is 1. The van der Waals surface area contributed by atoms with Crippen LogP contribution in [0.5, 0.6) is 0 Å². The van der Waals surface area contributed by atoms with Gasteiger partial charge in [-0.1, -0.05) is 23.5 Å². The number of H-pyrrole nitrogens is 1. The Morgan fingerprint density at radius 3 is 2.65 bits per heavy atom. The molecule has 1 aromatic heterocycles. The topological polar surface area (TPSA) is 170 Å². The molecule has 1 aromatic rings. The standard InChI is InChI=1S/C12H13N5O6S3/c1-3(18)6-8(21)17-7(10(22)23)11(26-9(6)17)24-5(2-4(19)20)25-12-13-15-16-14-12/h3,5-6,9,18H,2H2,1H3,(H,19,20)(H,22,23)(H,13,14,15,16)/t3-,5?,6+,9-/m1/s1. The van der Waals surface area contributed by atoms with Gasteiger partial charge in [-0.2, -0.15) is 5.21 Å². The van der Waals surface area contributed by atoms with E-state index in [0.29, 0.717) is 4.24 Å². The van der Waals surface area contributed by atoms with E-state index in [4.69, 9.17) is 5.11 Å². The molecule has 0 aliphatic carbocycles. The van der Waals surface area contributed by atoms with Crippen molar-refractivity contribution in [1.82, 2.24) is 25.5 Å². The first kappa shape index (κ1) is 19.0. The zero-order valence-corrected chi connectivity index (χ0v) is 15.5. The van der Waals surface area contributed by atoms with Crippen LogP contribution in [0.4, 0.5) is 0 Å². The number of fused-ring (bicyclic) bond motifs is 1. The van der Waals surface area contributed by atoms with E-state index < -0.39 is 39.8 Å². The van der Waals surface area contributed by atoms with Crippen molar-refractivity contribution in [2.75, 3.05) is 0 Å². The first-order valence-electron chi connectivity index (χ1n) is 7.23. The number of nitrogens with zero attached hydrogens (tertiary/aromatic N) is 4. The molecule has 0 bridgehead atoms. The van der Waals surface area contributed by atoms with Crippen LogP contribution in [0.1, 0.15) is 13.3 Å². The lowest BCUT2D eigenvalue weighted by Crippen LogP contribution is -2.60. The monoisotopic (exact) mass is 419 g/mol. The van der Waals surface area contributed by atoms with Gasteiger partial charge in [0.2, 0.25) is 11.1 Å². The molecule has 1 unspecified atom stereocenters. The summed E-state index contributed by atoms with van der Waals surface area (Å²) >= 11 is 3.19. The molecule has 140 valence electrons. The van der Waals surface area contributed by atoms with Gasteiger partial charge in [-0.15, -0.1) is 22.0 Å². The number of carboxylic acids is 2. The molecule has 0 aromatic carbocycles. The highest BCUT2D eigenvalue weighted by Gasteiger charge is 2.58. The number of aromatic amines is 1. The van der Waals surface area contributed by atoms with Crippen LogP contribution < -0.4 is 0 Å². The molecule has 1 amide bonds. The molecular formula is C12H13N5O6S3. The lowest BCUT2D eigenvalue weighted by molar-refractivity contribution is -0.156. The van der Waals surface area contributed by atoms with Crippen LogP contribution in [0.25, 0.3) is 0 Å². The van der Waals surface area contributed by atoms with Gasteiger partial charge in [0.15, 0.2) is 5.70 Å². The first-order chi connectivity index (χ1) is 12.3. The molecule has 0 radical (unpaired) electrons. The molecule has 14 heteroatoms. The Hall–Kier alpha value is -1.77. The molecule has 2 aliphatic heterocycles. The fraction of sp³-hybridized carbons (Fsp3) is 0.500. The molecule has 2 aliphatic rings. The van der Waals surface area contributed by atoms with Crippen LogP contribution in [0.15, 0.2) is 15.1 Å². The molecule has 3 heterocycles. The summed E-state index contributed by atoms with van der Waals surface area (Å²) < 4.78 is -0.304. The highest BCUT2D eigenvalue weighted by Crippen LogP contribution is 2.55. The number of amides is 1. The van der Waals surface area contributed by atoms with Gasteiger partial charge < -0.3 is 15.3 Å². The fourth-order valence-electron chi connectivity index (χ4n) is 2.52. The second kappa shape index (κ2) is 7.46. The van der Waals surface area contributed by atoms with Crippen molar-refractivity contribution in [1.29, 1.82) is 0 Å². The van der Waals surface area contributed by atoms with E-state index in [0.717, 1.165) is 40.2 Å². The lowest BCUT2D eigenvalue weighted by Gasteiger charge is -2.43. The summed E-state index contributed by atoms with van der Waals surface area (Å²) in [5.74, 6) is -3.49. The third-order valence-electron chi connectivity index (χ3n) is 3.61. The lowest BCUT2D eigenvalue weighted by atomic mass is 9.92. The van der Waals surface area contributed by atoms with Gasteiger partial charge in [0.25, 0.3) is 0 Å². The quantitative estimate of drug-likeness (QED) is 0.253. The summed E-state index contributed by atoms with van der Waals surface area (Å²) in [6.07, 6.45) is -1.18. The highest BCUT2D eigenvalue weighted by molar-refractivity contribution is 8.28. The smallest absolute Gasteiger partial charge is 0.354 e. The number of rotatable bonds is 8. The van der Waals surface area contributed by atoms with Gasteiger partial charge in [-0.25, -0.2) is 4.79 Å². The van der Waals surface area contributed by atoms with E-state index in [2.05, 4.69) is 20.6 Å². The van der Waals surface area contributed by atoms with Gasteiger partial charge in [0, 0.05) is 0 Å². The van der Waals surface area contributed by atoms with Crippen LogP contribution in [-0.4, -0.2) is 74.7 Å². The van der Waals surface area contributed by atoms with Crippen LogP contribution in [0.3, 0.4) is 0 Å². The number of carbonyl (C=O) groups is 3. The number of hydrogen-bond donors (Lipinski definition) is 4. The summed E-state index contributed by atoms with van der Waals surface area (Å²) in [7, 11) is 0. The zero-order valence-electron chi connectivity index (χ0n) is 13.1. The average molecular weight is 419 g/mol. The Labute approximate surface area is 159 Å². The first-order valence-corrected chi connectivity index (χ1v) is 9.87. The van der Waals surface area contributed by atoms with Crippen molar-refractivity contribution < 1.29 is 29.7 Å². The third kappa shape index (κ3) is 3.54. The minimum absolute atomic E-state index is 0.184. The summed E-state index contributed by atoms with van der Waals surface area (Å²) in [4.78, 5) is 36.1. The van der Waals surface area contributed by atoms with Crippen molar-refractivity contribution in [2.24, 2.45) is 5.92 Å². The van der Waals surface area contributed by atoms with E-state index in [1.807, 2.05) is 0 Å². The van der Waals surface area contributed by atoms with E-state index in [1.54, 1.807) is 0 Å². The Bertz CT molecular complexity index is 769. The van der Waals surface area contributed by atoms with E-state index >= 15 is 0 Å². The van der Waals surface area contributed by atoms with Crippen molar-refractivity contribution in [3.05, 3.63) is 9.93 Å². The number of aliphatic hydroxyl groups excluding tert-OH is 1. The normalized spacial score (nSPS) is 24.2. The van der Waals surface area contributed by atoms with Crippen LogP contribution in [0, 0.1) is 5.92 Å². The van der Waals surface area contributed by atoms with Crippen LogP contribution in [-0.2, 0) is 14.4 Å². The molecular weight excluding hydrogens is 406 g/mol. The van der Waals surface area contributed by atoms with Gasteiger partial charge in [0.05, 0.1) is 27.3 Å². The van der Waals surface area contributed by atoms with Crippen molar-refractivity contribution >= 4 is 53.1 Å². The fourth-order valence-corrected chi connectivity index (χ4v) is 7.04. The molecule has 0 spiro atoms. The number of nitrogens with one attached hydrogen (secondary N) is 1. The van der Waals surface area contributed by atoms with E-state index in [1.165, 1.54) is 6.92 Å². The molecule has 26 heavy (non-hydrogen) atoms. The molecule has 0 saturated carbocycles. The van der Waals surface area contributed by atoms with E-state index in [9.17, 15) is 24.6 Å². The van der Waals surface area contributed by atoms with Crippen molar-refractivity contribution in [2.45, 2.75) is 34.6 Å². The summed E-state index contributed by atoms with van der Waals surface area (Å²) in [6, 6.07) is 0. The molecule has 3 rings (SSSR count). The Kier molecular flexibility index (Phi) is 5.45. The van der Waals surface area contributed by atoms with Gasteiger partial charge in [-0.3, -0.25) is 14.5 Å². The number of thioether (sulfide) groups is 3. The molecule has 1 fully saturated rings. The number of aliphatic hydroxyl groups is 1. The van der Waals surface area contributed by atoms with Gasteiger partial charge >= 0.3 is 11.9 Å². The van der Waals surface area contributed by atoms with Crippen molar-refractivity contribution in [3.8, 4) is 0 Å². The van der Waals surface area contributed by atoms with Gasteiger partial charge in [0.1, 0.15) is 5.37 Å². The molecule has 4 N–H and O–H groups in total. The van der Waals surface area contributed by atoms with E-state index in [-0.39, 0.29) is 17.3 Å². The molecule has 11 nitrogen and oxygen atoms in total. The highest BCUT2D eigenvalue weighted by atomic mass is 32.2. The predicted molar refractivity (Wildman–Crippen MR) is 91.7 cm³/mol. The number of β-lactam (4-membered cyclic amide) rings is 1. The van der Waals surface area contributed by atoms with Crippen molar-refractivity contribution in [3.63, 3.8) is 0 Å². The molecule has 1 saturated heterocycles. The maximum absolute atomic E-state index is 12.2. The predicted octanol–water partition coefficient (Wildman–Crippen LogP) is -0.00840. The number of carboxylic acid groups (broad SMARTS) is 2. The second-order valence-corrected chi connectivity index (χ2v) is 9.45. The SMILES string of the molecule is C[C@@H](O)[C@H]1C(=O)N2C(C(=O)O)=C(SC(CC(=O)O)Sc3nn[nH]n3)S[C@H]12. The molecule has 4 atom stereocenters. The largest absolute Gasteiger partial charge is 0.481 e. The third-order valence-corrected chi connectivity index (χ3v) is 7.57. The Balaban J connectivity index is 1.82. The summed E-state index contributed by atoms with van der Waals surface area (Å²) in [5, 5.41) is 41.2. The number of tetrazole rings is 1. The summed E-state index contributed by atoms with van der Waals surface area (Å²) in [5.41, 5.74) is -0.184. The van der Waals surface area contributed by atoms with Gasteiger partial charge in [-0.05, 0) is 12.1 Å². The maximum Gasteiger partial charge on any atom is 0.354 e.